The molecule has 2 atom stereocenters. The summed E-state index contributed by atoms with van der Waals surface area (Å²) in [6.07, 6.45) is 7.34. The normalized spacial score (nSPS) is 24.7. The first-order chi connectivity index (χ1) is 9.81. The van der Waals surface area contributed by atoms with Crippen LogP contribution in [0.15, 0.2) is 30.5 Å². The van der Waals surface area contributed by atoms with Crippen LogP contribution in [0.3, 0.4) is 0 Å². The van der Waals surface area contributed by atoms with Gasteiger partial charge in [0.2, 0.25) is 5.91 Å². The van der Waals surface area contributed by atoms with Crippen molar-refractivity contribution in [2.75, 3.05) is 6.54 Å². The molecule has 4 rings (SSSR count). The fraction of sp³-hybridized carbons (Fsp3) is 0.471. The minimum absolute atomic E-state index is 0.350. The lowest BCUT2D eigenvalue weighted by molar-refractivity contribution is -0.132. The number of nitrogens with one attached hydrogen (secondary N) is 1. The predicted molar refractivity (Wildman–Crippen MR) is 79.5 cm³/mol. The Morgan fingerprint density at radius 1 is 1.30 bits per heavy atom. The van der Waals surface area contributed by atoms with E-state index in [4.69, 9.17) is 0 Å². The van der Waals surface area contributed by atoms with Gasteiger partial charge in [0.1, 0.15) is 0 Å². The lowest BCUT2D eigenvalue weighted by Gasteiger charge is -2.27. The van der Waals surface area contributed by atoms with Gasteiger partial charge < -0.3 is 9.88 Å². The lowest BCUT2D eigenvalue weighted by atomic mass is 10.1. The maximum Gasteiger partial charge on any atom is 0.223 e. The molecule has 1 aliphatic heterocycles. The van der Waals surface area contributed by atoms with Crippen LogP contribution >= 0.6 is 0 Å². The molecule has 3 heteroatoms. The van der Waals surface area contributed by atoms with Gasteiger partial charge in [-0.15, -0.1) is 0 Å². The van der Waals surface area contributed by atoms with E-state index in [1.54, 1.807) is 0 Å². The average molecular weight is 268 g/mol. The third kappa shape index (κ3) is 1.92. The Morgan fingerprint density at radius 2 is 2.20 bits per heavy atom. The second kappa shape index (κ2) is 4.65. The standard InChI is InChI=1S/C17H20N2O/c20-17(19-11-12-5-7-14(19)9-12)8-6-13-10-18-16-4-2-1-3-15(13)16/h1-4,10,12,14,18H,5-9,11H2. The fourth-order valence-electron chi connectivity index (χ4n) is 3.95. The number of piperidine rings is 1. The van der Waals surface area contributed by atoms with Crippen LogP contribution < -0.4 is 0 Å². The molecule has 1 saturated heterocycles. The topological polar surface area (TPSA) is 36.1 Å². The van der Waals surface area contributed by atoms with Crippen molar-refractivity contribution in [1.82, 2.24) is 9.88 Å². The first kappa shape index (κ1) is 12.0. The number of hydrogen-bond donors (Lipinski definition) is 1. The Balaban J connectivity index is 1.44. The van der Waals surface area contributed by atoms with Crippen LogP contribution in [0.1, 0.15) is 31.2 Å². The number of rotatable bonds is 3. The molecular weight excluding hydrogens is 248 g/mol. The zero-order valence-electron chi connectivity index (χ0n) is 11.6. The number of H-pyrrole nitrogens is 1. The largest absolute Gasteiger partial charge is 0.361 e. The highest BCUT2D eigenvalue weighted by Gasteiger charge is 2.39. The van der Waals surface area contributed by atoms with Crippen molar-refractivity contribution in [3.63, 3.8) is 0 Å². The summed E-state index contributed by atoms with van der Waals surface area (Å²) >= 11 is 0. The van der Waals surface area contributed by atoms with Gasteiger partial charge in [-0.05, 0) is 43.2 Å². The van der Waals surface area contributed by atoms with Crippen molar-refractivity contribution in [1.29, 1.82) is 0 Å². The van der Waals surface area contributed by atoms with Crippen LogP contribution in [0.4, 0.5) is 0 Å². The van der Waals surface area contributed by atoms with Gasteiger partial charge in [-0.2, -0.15) is 0 Å². The molecule has 2 unspecified atom stereocenters. The molecule has 2 heterocycles. The molecule has 0 radical (unpaired) electrons. The Bertz CT molecular complexity index is 645. The van der Waals surface area contributed by atoms with Gasteiger partial charge in [0.15, 0.2) is 0 Å². The number of para-hydroxylation sites is 1. The van der Waals surface area contributed by atoms with E-state index < -0.39 is 0 Å². The summed E-state index contributed by atoms with van der Waals surface area (Å²) in [5.41, 5.74) is 2.42. The minimum atomic E-state index is 0.350. The molecule has 1 aromatic carbocycles. The summed E-state index contributed by atoms with van der Waals surface area (Å²) in [5, 5.41) is 1.25. The number of fused-ring (bicyclic) bond motifs is 3. The van der Waals surface area contributed by atoms with Crippen LogP contribution in [-0.4, -0.2) is 28.4 Å². The number of likely N-dealkylation sites (tertiary alicyclic amines) is 1. The quantitative estimate of drug-likeness (QED) is 0.912. The summed E-state index contributed by atoms with van der Waals surface area (Å²) in [4.78, 5) is 17.8. The molecule has 0 spiro atoms. The SMILES string of the molecule is O=C(CCc1c[nH]c2ccccc12)N1CC2CCC1C2. The molecule has 1 amide bonds. The Labute approximate surface area is 119 Å². The third-order valence-electron chi connectivity index (χ3n) is 5.01. The molecular formula is C17H20N2O. The zero-order valence-corrected chi connectivity index (χ0v) is 11.6. The van der Waals surface area contributed by atoms with Crippen molar-refractivity contribution in [3.8, 4) is 0 Å². The first-order valence-corrected chi connectivity index (χ1v) is 7.66. The molecule has 2 aromatic rings. The number of aryl methyl sites for hydroxylation is 1. The molecule has 1 N–H and O–H groups in total. The van der Waals surface area contributed by atoms with Gasteiger partial charge in [0.05, 0.1) is 0 Å². The molecule has 1 saturated carbocycles. The van der Waals surface area contributed by atoms with E-state index in [-0.39, 0.29) is 0 Å². The lowest BCUT2D eigenvalue weighted by Crippen LogP contribution is -2.37. The summed E-state index contributed by atoms with van der Waals surface area (Å²) in [5.74, 6) is 1.14. The van der Waals surface area contributed by atoms with Crippen LogP contribution in [-0.2, 0) is 11.2 Å². The number of carbonyl (C=O) groups is 1. The first-order valence-electron chi connectivity index (χ1n) is 7.66. The maximum absolute atomic E-state index is 12.4. The summed E-state index contributed by atoms with van der Waals surface area (Å²) in [6, 6.07) is 8.86. The number of amides is 1. The number of benzene rings is 1. The Hall–Kier alpha value is -1.77. The second-order valence-electron chi connectivity index (χ2n) is 6.24. The molecule has 2 fully saturated rings. The van der Waals surface area contributed by atoms with Crippen molar-refractivity contribution < 1.29 is 4.79 Å². The van der Waals surface area contributed by atoms with Gasteiger partial charge in [-0.3, -0.25) is 4.79 Å². The van der Waals surface area contributed by atoms with Crippen molar-refractivity contribution >= 4 is 16.8 Å². The average Bonchev–Trinajstić information content (AvgIpc) is 3.19. The number of carbonyl (C=O) groups excluding carboxylic acids is 1. The van der Waals surface area contributed by atoms with E-state index in [1.807, 2.05) is 12.3 Å². The van der Waals surface area contributed by atoms with Crippen LogP contribution in [0.2, 0.25) is 0 Å². The summed E-state index contributed by atoms with van der Waals surface area (Å²) < 4.78 is 0. The highest BCUT2D eigenvalue weighted by molar-refractivity contribution is 5.84. The number of nitrogens with zero attached hydrogens (tertiary/aromatic N) is 1. The van der Waals surface area contributed by atoms with E-state index in [0.717, 1.165) is 24.4 Å². The number of hydrogen-bond acceptors (Lipinski definition) is 1. The monoisotopic (exact) mass is 268 g/mol. The summed E-state index contributed by atoms with van der Waals surface area (Å²) in [7, 11) is 0. The maximum atomic E-state index is 12.4. The number of aromatic amines is 1. The Kier molecular flexibility index (Phi) is 2.79. The molecule has 2 aliphatic rings. The van der Waals surface area contributed by atoms with Gasteiger partial charge >= 0.3 is 0 Å². The van der Waals surface area contributed by atoms with Gasteiger partial charge in [0.25, 0.3) is 0 Å². The molecule has 2 bridgehead atoms. The minimum Gasteiger partial charge on any atom is -0.361 e. The van der Waals surface area contributed by atoms with Crippen LogP contribution in [0.5, 0.6) is 0 Å². The van der Waals surface area contributed by atoms with E-state index in [1.165, 1.54) is 30.2 Å². The van der Waals surface area contributed by atoms with E-state index in [2.05, 4.69) is 28.1 Å². The molecule has 3 nitrogen and oxygen atoms in total. The third-order valence-corrected chi connectivity index (χ3v) is 5.01. The predicted octanol–water partition coefficient (Wildman–Crippen LogP) is 3.11. The van der Waals surface area contributed by atoms with Crippen molar-refractivity contribution in [2.45, 2.75) is 38.1 Å². The van der Waals surface area contributed by atoms with E-state index in [0.29, 0.717) is 18.4 Å². The molecule has 1 aliphatic carbocycles. The van der Waals surface area contributed by atoms with Gasteiger partial charge in [-0.25, -0.2) is 0 Å². The van der Waals surface area contributed by atoms with Crippen molar-refractivity contribution in [3.05, 3.63) is 36.0 Å². The van der Waals surface area contributed by atoms with Crippen LogP contribution in [0.25, 0.3) is 10.9 Å². The Morgan fingerprint density at radius 3 is 3.00 bits per heavy atom. The smallest absolute Gasteiger partial charge is 0.223 e. The highest BCUT2D eigenvalue weighted by Crippen LogP contribution is 2.37. The number of aromatic nitrogens is 1. The van der Waals surface area contributed by atoms with Crippen molar-refractivity contribution in [2.24, 2.45) is 5.92 Å². The molecule has 1 aromatic heterocycles. The molecule has 20 heavy (non-hydrogen) atoms. The van der Waals surface area contributed by atoms with E-state index >= 15 is 0 Å². The molecule has 104 valence electrons. The van der Waals surface area contributed by atoms with E-state index in [9.17, 15) is 4.79 Å². The summed E-state index contributed by atoms with van der Waals surface area (Å²) in [6.45, 7) is 1.01. The second-order valence-corrected chi connectivity index (χ2v) is 6.24. The fourth-order valence-corrected chi connectivity index (χ4v) is 3.95. The van der Waals surface area contributed by atoms with Gasteiger partial charge in [0, 0.05) is 36.1 Å². The van der Waals surface area contributed by atoms with Gasteiger partial charge in [-0.1, -0.05) is 18.2 Å². The van der Waals surface area contributed by atoms with Crippen LogP contribution in [0, 0.1) is 5.92 Å². The highest BCUT2D eigenvalue weighted by atomic mass is 16.2. The zero-order chi connectivity index (χ0) is 13.5.